The molecule has 2 fully saturated rings. The number of nitrogens with zero attached hydrogens (tertiary/aromatic N) is 2. The second-order valence-corrected chi connectivity index (χ2v) is 16.9. The Kier molecular flexibility index (Phi) is 10.5. The molecule has 0 aliphatic heterocycles. The lowest BCUT2D eigenvalue weighted by Gasteiger charge is -2.46. The van der Waals surface area contributed by atoms with Crippen LogP contribution in [0.3, 0.4) is 0 Å². The summed E-state index contributed by atoms with van der Waals surface area (Å²) in [5.41, 5.74) is 11.6. The van der Waals surface area contributed by atoms with Gasteiger partial charge in [-0.15, -0.1) is 0 Å². The maximum Gasteiger partial charge on any atom is 0.0461 e. The van der Waals surface area contributed by atoms with Crippen LogP contribution in [0, 0.1) is 11.3 Å². The molecule has 2 atom stereocenters. The molecule has 2 aliphatic carbocycles. The first kappa shape index (κ1) is 35.9. The predicted molar refractivity (Wildman–Crippen MR) is 230 cm³/mol. The molecule has 2 nitrogen and oxygen atoms in total. The van der Waals surface area contributed by atoms with Gasteiger partial charge >= 0.3 is 0 Å². The summed E-state index contributed by atoms with van der Waals surface area (Å²) in [4.78, 5) is 4.79. The quantitative estimate of drug-likeness (QED) is 0.148. The fourth-order valence-electron chi connectivity index (χ4n) is 9.52. The minimum Gasteiger partial charge on any atom is -0.311 e. The van der Waals surface area contributed by atoms with E-state index in [1.165, 1.54) is 95.8 Å². The molecule has 54 heavy (non-hydrogen) atoms. The van der Waals surface area contributed by atoms with Crippen LogP contribution in [0.15, 0.2) is 164 Å². The van der Waals surface area contributed by atoms with Crippen LogP contribution >= 0.6 is 0 Å². The van der Waals surface area contributed by atoms with E-state index in [0.29, 0.717) is 11.8 Å². The van der Waals surface area contributed by atoms with E-state index in [1.54, 1.807) is 0 Å². The zero-order valence-electron chi connectivity index (χ0n) is 32.5. The lowest BCUT2D eigenvalue weighted by atomic mass is 9.58. The van der Waals surface area contributed by atoms with Crippen molar-refractivity contribution >= 4 is 34.1 Å². The largest absolute Gasteiger partial charge is 0.311 e. The molecule has 0 heterocycles. The van der Waals surface area contributed by atoms with Crippen LogP contribution in [-0.4, -0.2) is 0 Å². The van der Waals surface area contributed by atoms with Crippen LogP contribution in [0.4, 0.5) is 34.1 Å². The van der Waals surface area contributed by atoms with Crippen molar-refractivity contribution in [2.75, 3.05) is 9.80 Å². The molecule has 6 aromatic rings. The summed E-state index contributed by atoms with van der Waals surface area (Å²) in [6.07, 6.45) is 11.6. The van der Waals surface area contributed by atoms with Crippen LogP contribution < -0.4 is 9.80 Å². The molecule has 6 aromatic carbocycles. The molecule has 0 aromatic heterocycles. The average Bonchev–Trinajstić information content (AvgIpc) is 3.23. The van der Waals surface area contributed by atoms with Gasteiger partial charge in [0.15, 0.2) is 0 Å². The summed E-state index contributed by atoms with van der Waals surface area (Å²) >= 11 is 0. The Labute approximate surface area is 324 Å². The van der Waals surface area contributed by atoms with Crippen LogP contribution in [0.25, 0.3) is 0 Å². The van der Waals surface area contributed by atoms with Crippen molar-refractivity contribution in [2.45, 2.75) is 89.9 Å². The standard InChI is InChI=1S/C52H56N2/c1-51(2,3)44-19-16-38-52(39-44,42-28-34-49(35-29-42)53(45-20-10-5-11-21-45)46-22-12-6-13-23-46)43-30-36-50(37-31-43)54(47-24-14-7-15-25-47)48-32-26-41(27-33-48)40-17-8-4-9-18-40/h5-7,10-15,20-37,40,44H,4,8-9,16-19,38-39H2,1-3H3. The molecule has 0 spiro atoms. The van der Waals surface area contributed by atoms with Crippen LogP contribution in [-0.2, 0) is 5.41 Å². The Bertz CT molecular complexity index is 2020. The first-order valence-electron chi connectivity index (χ1n) is 20.5. The Hall–Kier alpha value is -5.08. The van der Waals surface area contributed by atoms with Gasteiger partial charge in [0, 0.05) is 39.5 Å². The smallest absolute Gasteiger partial charge is 0.0461 e. The Morgan fingerprint density at radius 1 is 0.426 bits per heavy atom. The predicted octanol–water partition coefficient (Wildman–Crippen LogP) is 15.2. The van der Waals surface area contributed by atoms with Crippen molar-refractivity contribution in [1.82, 2.24) is 0 Å². The van der Waals surface area contributed by atoms with Crippen LogP contribution in [0.5, 0.6) is 0 Å². The minimum absolute atomic E-state index is 0.0587. The van der Waals surface area contributed by atoms with Gasteiger partial charge in [-0.2, -0.15) is 0 Å². The highest BCUT2D eigenvalue weighted by molar-refractivity contribution is 5.78. The second kappa shape index (κ2) is 15.7. The Morgan fingerprint density at radius 2 is 0.815 bits per heavy atom. The number of rotatable bonds is 9. The van der Waals surface area contributed by atoms with Gasteiger partial charge in [-0.25, -0.2) is 0 Å². The fraction of sp³-hybridized carbons (Fsp3) is 0.308. The maximum absolute atomic E-state index is 2.45. The molecule has 274 valence electrons. The molecule has 0 N–H and O–H groups in total. The number of hydrogen-bond donors (Lipinski definition) is 0. The third-order valence-electron chi connectivity index (χ3n) is 12.6. The van der Waals surface area contributed by atoms with Crippen LogP contribution in [0.1, 0.15) is 101 Å². The van der Waals surface area contributed by atoms with Gasteiger partial charge < -0.3 is 9.80 Å². The monoisotopic (exact) mass is 708 g/mol. The molecular weight excluding hydrogens is 653 g/mol. The molecule has 0 amide bonds. The number of anilines is 6. The van der Waals surface area contributed by atoms with E-state index < -0.39 is 0 Å². The Morgan fingerprint density at radius 3 is 1.22 bits per heavy atom. The molecule has 2 unspecified atom stereocenters. The lowest BCUT2D eigenvalue weighted by molar-refractivity contribution is 0.137. The molecule has 0 bridgehead atoms. The van der Waals surface area contributed by atoms with E-state index in [-0.39, 0.29) is 10.8 Å². The van der Waals surface area contributed by atoms with Crippen molar-refractivity contribution in [3.05, 3.63) is 180 Å². The SMILES string of the molecule is CC(C)(C)C1CCCC(c2ccc(N(c3ccccc3)c3ccccc3)cc2)(c2ccc(N(c3ccccc3)c3ccc(C4CCCCC4)cc3)cc2)C1. The number of hydrogen-bond acceptors (Lipinski definition) is 2. The highest BCUT2D eigenvalue weighted by Gasteiger charge is 2.42. The van der Waals surface area contributed by atoms with E-state index in [9.17, 15) is 0 Å². The number of benzene rings is 6. The van der Waals surface area contributed by atoms with E-state index in [2.05, 4.69) is 194 Å². The van der Waals surface area contributed by atoms with Gasteiger partial charge in [0.05, 0.1) is 0 Å². The first-order chi connectivity index (χ1) is 26.4. The first-order valence-corrected chi connectivity index (χ1v) is 20.5. The maximum atomic E-state index is 2.45. The molecule has 0 saturated heterocycles. The van der Waals surface area contributed by atoms with E-state index in [0.717, 1.165) is 12.8 Å². The summed E-state index contributed by atoms with van der Waals surface area (Å²) in [6.45, 7) is 7.32. The van der Waals surface area contributed by atoms with Gasteiger partial charge in [-0.05, 0) is 139 Å². The highest BCUT2D eigenvalue weighted by atomic mass is 15.1. The average molecular weight is 709 g/mol. The summed E-state index contributed by atoms with van der Waals surface area (Å²) in [6, 6.07) is 61.0. The second-order valence-electron chi connectivity index (χ2n) is 16.9. The van der Waals surface area contributed by atoms with Crippen molar-refractivity contribution in [3.8, 4) is 0 Å². The van der Waals surface area contributed by atoms with Crippen molar-refractivity contribution in [1.29, 1.82) is 0 Å². The minimum atomic E-state index is -0.0587. The summed E-state index contributed by atoms with van der Waals surface area (Å²) in [5, 5.41) is 0. The lowest BCUT2D eigenvalue weighted by Crippen LogP contribution is -2.38. The topological polar surface area (TPSA) is 6.48 Å². The normalized spacial score (nSPS) is 19.3. The molecule has 8 rings (SSSR count). The molecule has 2 aliphatic rings. The van der Waals surface area contributed by atoms with Gasteiger partial charge in [-0.3, -0.25) is 0 Å². The zero-order chi connectivity index (χ0) is 37.0. The molecule has 0 radical (unpaired) electrons. The third-order valence-corrected chi connectivity index (χ3v) is 12.6. The summed E-state index contributed by atoms with van der Waals surface area (Å²) in [7, 11) is 0. The van der Waals surface area contributed by atoms with Crippen molar-refractivity contribution in [3.63, 3.8) is 0 Å². The van der Waals surface area contributed by atoms with E-state index in [1.807, 2.05) is 0 Å². The summed E-state index contributed by atoms with van der Waals surface area (Å²) < 4.78 is 0. The van der Waals surface area contributed by atoms with Gasteiger partial charge in [-0.1, -0.05) is 137 Å². The highest BCUT2D eigenvalue weighted by Crippen LogP contribution is 2.52. The fourth-order valence-corrected chi connectivity index (χ4v) is 9.52. The van der Waals surface area contributed by atoms with Gasteiger partial charge in [0.1, 0.15) is 0 Å². The summed E-state index contributed by atoms with van der Waals surface area (Å²) in [5.74, 6) is 1.34. The molecule has 2 heteroatoms. The van der Waals surface area contributed by atoms with Crippen LogP contribution in [0.2, 0.25) is 0 Å². The molecular formula is C52H56N2. The van der Waals surface area contributed by atoms with Crippen molar-refractivity contribution < 1.29 is 0 Å². The third kappa shape index (κ3) is 7.49. The number of para-hydroxylation sites is 3. The Balaban J connectivity index is 1.16. The van der Waals surface area contributed by atoms with Crippen molar-refractivity contribution in [2.24, 2.45) is 11.3 Å². The molecule has 2 saturated carbocycles. The zero-order valence-corrected chi connectivity index (χ0v) is 32.5. The van der Waals surface area contributed by atoms with Gasteiger partial charge in [0.25, 0.3) is 0 Å². The van der Waals surface area contributed by atoms with E-state index in [4.69, 9.17) is 0 Å². The van der Waals surface area contributed by atoms with E-state index >= 15 is 0 Å². The van der Waals surface area contributed by atoms with Gasteiger partial charge in [0.2, 0.25) is 0 Å².